The number of methoxy groups -OCH3 is 4. The predicted molar refractivity (Wildman–Crippen MR) is 120 cm³/mol. The molecule has 31 heavy (non-hydrogen) atoms. The van der Waals surface area contributed by atoms with Crippen LogP contribution in [0.5, 0.6) is 23.0 Å². The van der Waals surface area contributed by atoms with Crippen molar-refractivity contribution >= 4 is 11.6 Å². The highest BCUT2D eigenvalue weighted by atomic mass is 16.5. The molecule has 0 fully saturated rings. The standard InChI is InChI=1S/C24H27N3O4/c1-24(2)12-14-13-25-23(27-21(14)17-11-16(28-3)7-8-18(17)24)26-15-9-19(29-4)22(31-6)20(10-15)30-5/h7-11,13H,12H2,1-6H3,(H,25,26,27). The maximum Gasteiger partial charge on any atom is 0.227 e. The lowest BCUT2D eigenvalue weighted by Crippen LogP contribution is -2.26. The van der Waals surface area contributed by atoms with E-state index in [1.807, 2.05) is 30.5 Å². The van der Waals surface area contributed by atoms with Crippen LogP contribution in [0.15, 0.2) is 36.5 Å². The quantitative estimate of drug-likeness (QED) is 0.615. The van der Waals surface area contributed by atoms with Crippen LogP contribution in [0, 0.1) is 0 Å². The number of fused-ring (bicyclic) bond motifs is 3. The number of hydrogen-bond donors (Lipinski definition) is 1. The summed E-state index contributed by atoms with van der Waals surface area (Å²) in [6.45, 7) is 4.48. The van der Waals surface area contributed by atoms with Gasteiger partial charge in [0.05, 0.1) is 34.1 Å². The molecular formula is C24H27N3O4. The van der Waals surface area contributed by atoms with Crippen molar-refractivity contribution in [2.24, 2.45) is 0 Å². The van der Waals surface area contributed by atoms with Gasteiger partial charge in [0.1, 0.15) is 5.75 Å². The Labute approximate surface area is 182 Å². The zero-order valence-electron chi connectivity index (χ0n) is 18.7. The van der Waals surface area contributed by atoms with Gasteiger partial charge in [-0.2, -0.15) is 0 Å². The maximum atomic E-state index is 5.46. The number of benzene rings is 2. The predicted octanol–water partition coefficient (Wildman–Crippen LogP) is 4.76. The lowest BCUT2D eigenvalue weighted by Gasteiger charge is -2.33. The molecule has 4 rings (SSSR count). The molecule has 162 valence electrons. The molecule has 0 unspecified atom stereocenters. The molecule has 1 aliphatic rings. The molecule has 7 heteroatoms. The van der Waals surface area contributed by atoms with Crippen molar-refractivity contribution < 1.29 is 18.9 Å². The molecule has 0 spiro atoms. The molecule has 1 aromatic heterocycles. The largest absolute Gasteiger partial charge is 0.497 e. The van der Waals surface area contributed by atoms with Crippen LogP contribution in [0.4, 0.5) is 11.6 Å². The smallest absolute Gasteiger partial charge is 0.227 e. The van der Waals surface area contributed by atoms with Crippen molar-refractivity contribution in [2.75, 3.05) is 33.8 Å². The van der Waals surface area contributed by atoms with Crippen molar-refractivity contribution in [3.63, 3.8) is 0 Å². The summed E-state index contributed by atoms with van der Waals surface area (Å²) >= 11 is 0. The molecule has 0 radical (unpaired) electrons. The molecule has 2 aromatic carbocycles. The third-order valence-corrected chi connectivity index (χ3v) is 5.63. The second-order valence-electron chi connectivity index (χ2n) is 8.08. The van der Waals surface area contributed by atoms with Crippen LogP contribution in [-0.4, -0.2) is 38.4 Å². The van der Waals surface area contributed by atoms with Crippen LogP contribution in [0.1, 0.15) is 25.0 Å². The minimum absolute atomic E-state index is 0.0103. The van der Waals surface area contributed by atoms with Crippen LogP contribution in [0.2, 0.25) is 0 Å². The fourth-order valence-corrected chi connectivity index (χ4v) is 4.12. The number of aromatic nitrogens is 2. The average molecular weight is 421 g/mol. The first-order chi connectivity index (χ1) is 14.9. The minimum Gasteiger partial charge on any atom is -0.497 e. The summed E-state index contributed by atoms with van der Waals surface area (Å²) in [7, 11) is 6.42. The van der Waals surface area contributed by atoms with E-state index in [0.29, 0.717) is 23.2 Å². The Morgan fingerprint density at radius 3 is 2.23 bits per heavy atom. The fourth-order valence-electron chi connectivity index (χ4n) is 4.12. The van der Waals surface area contributed by atoms with Crippen molar-refractivity contribution in [3.05, 3.63) is 47.7 Å². The maximum absolute atomic E-state index is 5.46. The summed E-state index contributed by atoms with van der Waals surface area (Å²) in [6, 6.07) is 9.83. The van der Waals surface area contributed by atoms with Gasteiger partial charge in [-0.15, -0.1) is 0 Å². The van der Waals surface area contributed by atoms with Gasteiger partial charge in [0, 0.05) is 29.6 Å². The van der Waals surface area contributed by atoms with Gasteiger partial charge in [0.25, 0.3) is 0 Å². The Morgan fingerprint density at radius 2 is 1.61 bits per heavy atom. The average Bonchev–Trinajstić information content (AvgIpc) is 2.78. The van der Waals surface area contributed by atoms with Crippen LogP contribution in [0.25, 0.3) is 11.3 Å². The van der Waals surface area contributed by atoms with Gasteiger partial charge in [-0.25, -0.2) is 9.97 Å². The molecule has 3 aromatic rings. The Bertz CT molecular complexity index is 1100. The van der Waals surface area contributed by atoms with E-state index in [4.69, 9.17) is 23.9 Å². The molecule has 1 aliphatic carbocycles. The Morgan fingerprint density at radius 1 is 0.903 bits per heavy atom. The molecule has 0 bridgehead atoms. The van der Waals surface area contributed by atoms with Gasteiger partial charge in [0.15, 0.2) is 11.5 Å². The Hall–Kier alpha value is -3.48. The summed E-state index contributed by atoms with van der Waals surface area (Å²) in [6.07, 6.45) is 2.76. The zero-order chi connectivity index (χ0) is 22.2. The molecule has 0 atom stereocenters. The summed E-state index contributed by atoms with van der Waals surface area (Å²) in [5.74, 6) is 2.94. The summed E-state index contributed by atoms with van der Waals surface area (Å²) < 4.78 is 21.7. The van der Waals surface area contributed by atoms with E-state index in [1.54, 1.807) is 28.4 Å². The molecule has 1 heterocycles. The van der Waals surface area contributed by atoms with Crippen molar-refractivity contribution in [1.82, 2.24) is 9.97 Å². The van der Waals surface area contributed by atoms with Crippen molar-refractivity contribution in [2.45, 2.75) is 25.7 Å². The normalized spacial score (nSPS) is 13.6. The van der Waals surface area contributed by atoms with Crippen LogP contribution in [-0.2, 0) is 11.8 Å². The molecular weight excluding hydrogens is 394 g/mol. The molecule has 7 nitrogen and oxygen atoms in total. The van der Waals surface area contributed by atoms with Gasteiger partial charge >= 0.3 is 0 Å². The first-order valence-electron chi connectivity index (χ1n) is 10.0. The zero-order valence-corrected chi connectivity index (χ0v) is 18.7. The van der Waals surface area contributed by atoms with Crippen LogP contribution in [0.3, 0.4) is 0 Å². The number of nitrogens with zero attached hydrogens (tertiary/aromatic N) is 2. The van der Waals surface area contributed by atoms with E-state index in [1.165, 1.54) is 5.56 Å². The topological polar surface area (TPSA) is 74.7 Å². The van der Waals surface area contributed by atoms with Crippen molar-refractivity contribution in [1.29, 1.82) is 0 Å². The van der Waals surface area contributed by atoms with Crippen LogP contribution < -0.4 is 24.3 Å². The van der Waals surface area contributed by atoms with E-state index >= 15 is 0 Å². The van der Waals surface area contributed by atoms with E-state index in [0.717, 1.165) is 34.7 Å². The highest BCUT2D eigenvalue weighted by Crippen LogP contribution is 2.44. The second-order valence-corrected chi connectivity index (χ2v) is 8.08. The molecule has 0 saturated heterocycles. The SMILES string of the molecule is COc1ccc2c(c1)-c1nc(Nc3cc(OC)c(OC)c(OC)c3)ncc1CC2(C)C. The van der Waals surface area contributed by atoms with Crippen molar-refractivity contribution in [3.8, 4) is 34.3 Å². The summed E-state index contributed by atoms with van der Waals surface area (Å²) in [4.78, 5) is 9.41. The molecule has 0 aliphatic heterocycles. The molecule has 0 saturated carbocycles. The number of rotatable bonds is 6. The number of hydrogen-bond acceptors (Lipinski definition) is 7. The summed E-state index contributed by atoms with van der Waals surface area (Å²) in [5.41, 5.74) is 5.07. The second kappa shape index (κ2) is 7.98. The number of ether oxygens (including phenoxy) is 4. The van der Waals surface area contributed by atoms with Gasteiger partial charge in [-0.3, -0.25) is 0 Å². The first-order valence-corrected chi connectivity index (χ1v) is 10.0. The monoisotopic (exact) mass is 421 g/mol. The third kappa shape index (κ3) is 3.71. The number of nitrogens with one attached hydrogen (secondary N) is 1. The Balaban J connectivity index is 1.76. The van der Waals surface area contributed by atoms with Gasteiger partial charge in [0.2, 0.25) is 11.7 Å². The van der Waals surface area contributed by atoms with Gasteiger partial charge in [-0.05, 0) is 35.1 Å². The van der Waals surface area contributed by atoms with E-state index in [-0.39, 0.29) is 5.41 Å². The molecule has 0 amide bonds. The minimum atomic E-state index is -0.0103. The van der Waals surface area contributed by atoms with Crippen LogP contribution >= 0.6 is 0 Å². The number of anilines is 2. The third-order valence-electron chi connectivity index (χ3n) is 5.63. The fraction of sp³-hybridized carbons (Fsp3) is 0.333. The van der Waals surface area contributed by atoms with E-state index in [9.17, 15) is 0 Å². The lowest BCUT2D eigenvalue weighted by atomic mass is 9.72. The van der Waals surface area contributed by atoms with Gasteiger partial charge < -0.3 is 24.3 Å². The first kappa shape index (κ1) is 20.8. The van der Waals surface area contributed by atoms with E-state index in [2.05, 4.69) is 30.2 Å². The molecule has 1 N–H and O–H groups in total. The lowest BCUT2D eigenvalue weighted by molar-refractivity contribution is 0.324. The van der Waals surface area contributed by atoms with Gasteiger partial charge in [-0.1, -0.05) is 19.9 Å². The summed E-state index contributed by atoms with van der Waals surface area (Å²) in [5, 5.41) is 3.27. The highest BCUT2D eigenvalue weighted by molar-refractivity contribution is 5.74. The highest BCUT2D eigenvalue weighted by Gasteiger charge is 2.32. The Kier molecular flexibility index (Phi) is 5.35. The van der Waals surface area contributed by atoms with E-state index < -0.39 is 0 Å².